The molecule has 11 aromatic rings. The summed E-state index contributed by atoms with van der Waals surface area (Å²) < 4.78 is 2.27. The second kappa shape index (κ2) is 11.7. The van der Waals surface area contributed by atoms with E-state index in [0.29, 0.717) is 5.82 Å². The molecule has 0 aliphatic heterocycles. The molecule has 0 unspecified atom stereocenters. The van der Waals surface area contributed by atoms with Crippen LogP contribution in [-0.2, 0) is 0 Å². The second-order valence-electron chi connectivity index (χ2n) is 13.8. The molecule has 0 saturated carbocycles. The van der Waals surface area contributed by atoms with Crippen molar-refractivity contribution in [2.45, 2.75) is 0 Å². The zero-order chi connectivity index (χ0) is 34.9. The molecule has 3 heteroatoms. The first-order chi connectivity index (χ1) is 26.3. The number of rotatable bonds is 4. The summed E-state index contributed by atoms with van der Waals surface area (Å²) in [7, 11) is 0. The lowest BCUT2D eigenvalue weighted by Crippen LogP contribution is -2.02. The molecule has 0 fully saturated rings. The van der Waals surface area contributed by atoms with E-state index in [9.17, 15) is 0 Å². The molecular weight excluding hydrogens is 643 g/mol. The van der Waals surface area contributed by atoms with Crippen LogP contribution in [0.5, 0.6) is 0 Å². The van der Waals surface area contributed by atoms with Gasteiger partial charge in [-0.3, -0.25) is 4.57 Å². The van der Waals surface area contributed by atoms with Gasteiger partial charge in [-0.2, -0.15) is 0 Å². The van der Waals surface area contributed by atoms with Crippen molar-refractivity contribution in [3.05, 3.63) is 188 Å². The first kappa shape index (κ1) is 29.6. The van der Waals surface area contributed by atoms with Gasteiger partial charge in [-0.15, -0.1) is 0 Å². The monoisotopic (exact) mass is 673 g/mol. The summed E-state index contributed by atoms with van der Waals surface area (Å²) in [6.45, 7) is 0. The van der Waals surface area contributed by atoms with E-state index in [4.69, 9.17) is 9.97 Å². The molecule has 9 aromatic carbocycles. The zero-order valence-electron chi connectivity index (χ0n) is 28.7. The molecule has 246 valence electrons. The van der Waals surface area contributed by atoms with Gasteiger partial charge in [0.2, 0.25) is 0 Å². The molecule has 0 bridgehead atoms. The summed E-state index contributed by atoms with van der Waals surface area (Å²) in [5, 5.41) is 12.5. The van der Waals surface area contributed by atoms with Gasteiger partial charge in [-0.25, -0.2) is 9.97 Å². The molecule has 0 radical (unpaired) electrons. The number of benzene rings is 9. The van der Waals surface area contributed by atoms with Gasteiger partial charge in [-0.1, -0.05) is 152 Å². The average Bonchev–Trinajstić information content (AvgIpc) is 3.58. The minimum Gasteiger partial charge on any atom is -0.294 e. The van der Waals surface area contributed by atoms with Gasteiger partial charge in [0, 0.05) is 28.0 Å². The smallest absolute Gasteiger partial charge is 0.162 e. The molecule has 3 nitrogen and oxygen atoms in total. The van der Waals surface area contributed by atoms with Crippen molar-refractivity contribution >= 4 is 64.9 Å². The molecule has 0 atom stereocenters. The highest BCUT2D eigenvalue weighted by Crippen LogP contribution is 2.38. The number of nitrogens with zero attached hydrogens (tertiary/aromatic N) is 3. The minimum absolute atomic E-state index is 0.697. The van der Waals surface area contributed by atoms with Gasteiger partial charge in [-0.05, 0) is 84.5 Å². The van der Waals surface area contributed by atoms with Crippen LogP contribution in [0.4, 0.5) is 0 Å². The summed E-state index contributed by atoms with van der Waals surface area (Å²) in [5.74, 6) is 1.54. The maximum Gasteiger partial charge on any atom is 0.162 e. The van der Waals surface area contributed by atoms with Crippen molar-refractivity contribution in [2.24, 2.45) is 0 Å². The largest absolute Gasteiger partial charge is 0.294 e. The topological polar surface area (TPSA) is 30.7 Å². The van der Waals surface area contributed by atoms with Crippen molar-refractivity contribution < 1.29 is 0 Å². The lowest BCUT2D eigenvalue weighted by atomic mass is 9.91. The second-order valence-corrected chi connectivity index (χ2v) is 13.8. The number of fused-ring (bicyclic) bond motifs is 10. The van der Waals surface area contributed by atoms with Crippen LogP contribution in [0.3, 0.4) is 0 Å². The molecule has 53 heavy (non-hydrogen) atoms. The molecule has 2 heterocycles. The van der Waals surface area contributed by atoms with Crippen LogP contribution in [-0.4, -0.2) is 14.5 Å². The van der Waals surface area contributed by atoms with Gasteiger partial charge >= 0.3 is 0 Å². The van der Waals surface area contributed by atoms with Crippen LogP contribution < -0.4 is 0 Å². The summed E-state index contributed by atoms with van der Waals surface area (Å²) >= 11 is 0. The van der Waals surface area contributed by atoms with Crippen LogP contribution in [0.2, 0.25) is 0 Å². The van der Waals surface area contributed by atoms with E-state index in [-0.39, 0.29) is 0 Å². The van der Waals surface area contributed by atoms with Crippen molar-refractivity contribution in [3.63, 3.8) is 0 Å². The standard InChI is InChI=1S/C50H31N3/c1-2-12-32(13-3-1)46-31-49(53-47-20-10-8-18-43(47)44-19-9-11-21-48(44)53)52-50(51-46)37-25-24-33-28-34(22-23-35(33)29-37)36-26-27-42-40-16-5-4-14-38(40)39-15-6-7-17-41(39)45(42)30-36/h1-31H. The summed E-state index contributed by atoms with van der Waals surface area (Å²) in [6.07, 6.45) is 0. The van der Waals surface area contributed by atoms with E-state index in [0.717, 1.165) is 39.1 Å². The highest BCUT2D eigenvalue weighted by atomic mass is 15.1. The fourth-order valence-electron chi connectivity index (χ4n) is 8.26. The van der Waals surface area contributed by atoms with E-state index in [1.54, 1.807) is 0 Å². The Balaban J connectivity index is 1.05. The van der Waals surface area contributed by atoms with Crippen molar-refractivity contribution in [2.75, 3.05) is 0 Å². The third kappa shape index (κ3) is 4.75. The molecule has 0 aliphatic carbocycles. The fourth-order valence-corrected chi connectivity index (χ4v) is 8.26. The summed E-state index contributed by atoms with van der Waals surface area (Å²) in [6, 6.07) is 67.4. The summed E-state index contributed by atoms with van der Waals surface area (Å²) in [4.78, 5) is 10.4. The van der Waals surface area contributed by atoms with Gasteiger partial charge in [0.25, 0.3) is 0 Å². The van der Waals surface area contributed by atoms with Crippen molar-refractivity contribution in [3.8, 4) is 39.6 Å². The minimum atomic E-state index is 0.697. The fraction of sp³-hybridized carbons (Fsp3) is 0. The van der Waals surface area contributed by atoms with Crippen LogP contribution in [0.25, 0.3) is 104 Å². The molecule has 0 spiro atoms. The molecular formula is C50H31N3. The Kier molecular flexibility index (Phi) is 6.55. The van der Waals surface area contributed by atoms with Gasteiger partial charge in [0.05, 0.1) is 16.7 Å². The predicted octanol–water partition coefficient (Wildman–Crippen LogP) is 13.2. The first-order valence-electron chi connectivity index (χ1n) is 18.1. The van der Waals surface area contributed by atoms with Crippen molar-refractivity contribution in [1.29, 1.82) is 0 Å². The lowest BCUT2D eigenvalue weighted by Gasteiger charge is -2.13. The molecule has 0 saturated heterocycles. The number of hydrogen-bond acceptors (Lipinski definition) is 2. The Hall–Kier alpha value is -7.10. The quantitative estimate of drug-likeness (QED) is 0.174. The van der Waals surface area contributed by atoms with Crippen LogP contribution >= 0.6 is 0 Å². The van der Waals surface area contributed by atoms with E-state index < -0.39 is 0 Å². The van der Waals surface area contributed by atoms with Crippen LogP contribution in [0, 0.1) is 0 Å². The normalized spacial score (nSPS) is 11.8. The number of para-hydroxylation sites is 2. The highest BCUT2D eigenvalue weighted by molar-refractivity contribution is 6.25. The third-order valence-corrected chi connectivity index (χ3v) is 10.8. The van der Waals surface area contributed by atoms with Gasteiger partial charge in [0.1, 0.15) is 5.82 Å². The zero-order valence-corrected chi connectivity index (χ0v) is 28.7. The van der Waals surface area contributed by atoms with E-state index in [1.807, 2.05) is 6.07 Å². The van der Waals surface area contributed by atoms with E-state index >= 15 is 0 Å². The predicted molar refractivity (Wildman–Crippen MR) is 223 cm³/mol. The van der Waals surface area contributed by atoms with Gasteiger partial charge in [0.15, 0.2) is 5.82 Å². The van der Waals surface area contributed by atoms with Crippen molar-refractivity contribution in [1.82, 2.24) is 14.5 Å². The summed E-state index contributed by atoms with van der Waals surface area (Å²) in [5.41, 5.74) is 7.57. The van der Waals surface area contributed by atoms with Crippen LogP contribution in [0.15, 0.2) is 188 Å². The van der Waals surface area contributed by atoms with Crippen LogP contribution in [0.1, 0.15) is 0 Å². The maximum atomic E-state index is 5.27. The Morgan fingerprint density at radius 1 is 0.302 bits per heavy atom. The Labute approximate surface area is 306 Å². The molecule has 0 aliphatic rings. The molecule has 11 rings (SSSR count). The molecule has 0 amide bonds. The number of aromatic nitrogens is 3. The Morgan fingerprint density at radius 2 is 0.774 bits per heavy atom. The third-order valence-electron chi connectivity index (χ3n) is 10.8. The molecule has 2 aromatic heterocycles. The first-order valence-corrected chi connectivity index (χ1v) is 18.1. The van der Waals surface area contributed by atoms with E-state index in [2.05, 4.69) is 187 Å². The maximum absolute atomic E-state index is 5.27. The average molecular weight is 674 g/mol. The lowest BCUT2D eigenvalue weighted by molar-refractivity contribution is 1.05. The Morgan fingerprint density at radius 3 is 1.42 bits per heavy atom. The van der Waals surface area contributed by atoms with E-state index in [1.165, 1.54) is 59.6 Å². The number of hydrogen-bond donors (Lipinski definition) is 0. The highest BCUT2D eigenvalue weighted by Gasteiger charge is 2.17. The molecule has 0 N–H and O–H groups in total. The SMILES string of the molecule is c1ccc(-c2cc(-n3c4ccccc4c4ccccc43)nc(-c3ccc4cc(-c5ccc6c7ccccc7c7ccccc7c6c5)ccc4c3)n2)cc1. The Bertz CT molecular complexity index is 3140. The van der Waals surface area contributed by atoms with Gasteiger partial charge < -0.3 is 0 Å².